The lowest BCUT2D eigenvalue weighted by atomic mass is 10.2. The van der Waals surface area contributed by atoms with Crippen molar-refractivity contribution in [1.82, 2.24) is 10.9 Å². The van der Waals surface area contributed by atoms with Gasteiger partial charge in [-0.05, 0) is 36.4 Å². The third-order valence-corrected chi connectivity index (χ3v) is 2.89. The van der Waals surface area contributed by atoms with E-state index in [-0.39, 0.29) is 5.75 Å². The van der Waals surface area contributed by atoms with Crippen LogP contribution in [0, 0.1) is 5.82 Å². The Kier molecular flexibility index (Phi) is 6.47. The van der Waals surface area contributed by atoms with Crippen LogP contribution in [0.4, 0.5) is 4.39 Å². The number of hydrogen-bond donors (Lipinski definition) is 2. The van der Waals surface area contributed by atoms with E-state index in [9.17, 15) is 18.8 Å². The summed E-state index contributed by atoms with van der Waals surface area (Å²) in [6.45, 7) is -1.02. The highest BCUT2D eigenvalue weighted by Crippen LogP contribution is 2.10. The van der Waals surface area contributed by atoms with Crippen molar-refractivity contribution in [2.45, 2.75) is 0 Å². The van der Waals surface area contributed by atoms with Crippen LogP contribution in [0.25, 0.3) is 0 Å². The Morgan fingerprint density at radius 2 is 1.56 bits per heavy atom. The number of benzene rings is 2. The molecule has 0 fully saturated rings. The van der Waals surface area contributed by atoms with Crippen LogP contribution in [0.2, 0.25) is 0 Å². The van der Waals surface area contributed by atoms with Gasteiger partial charge in [-0.2, -0.15) is 0 Å². The fourth-order valence-corrected chi connectivity index (χ4v) is 1.69. The largest absolute Gasteiger partial charge is 0.482 e. The van der Waals surface area contributed by atoms with Gasteiger partial charge in [-0.3, -0.25) is 20.4 Å². The number of carbonyl (C=O) groups excluding carboxylic acids is 3. The highest BCUT2D eigenvalue weighted by atomic mass is 19.1. The molecule has 0 bridgehead atoms. The van der Waals surface area contributed by atoms with Crippen LogP contribution in [0.15, 0.2) is 54.6 Å². The average Bonchev–Trinajstić information content (AvgIpc) is 2.64. The third kappa shape index (κ3) is 6.30. The molecule has 0 saturated carbocycles. The number of halogens is 1. The predicted molar refractivity (Wildman–Crippen MR) is 84.9 cm³/mol. The SMILES string of the molecule is O=C(COC(=O)COc1ccc(F)cc1)NNC(=O)c1ccccc1. The Labute approximate surface area is 142 Å². The van der Waals surface area contributed by atoms with Gasteiger partial charge in [-0.25, -0.2) is 9.18 Å². The van der Waals surface area contributed by atoms with E-state index in [2.05, 4.69) is 15.6 Å². The van der Waals surface area contributed by atoms with Crippen LogP contribution in [0.3, 0.4) is 0 Å². The van der Waals surface area contributed by atoms with E-state index >= 15 is 0 Å². The first-order valence-corrected chi connectivity index (χ1v) is 7.23. The quantitative estimate of drug-likeness (QED) is 0.606. The van der Waals surface area contributed by atoms with E-state index < -0.39 is 36.8 Å². The molecule has 2 amide bonds. The fraction of sp³-hybridized carbons (Fsp3) is 0.118. The fourth-order valence-electron chi connectivity index (χ4n) is 1.69. The summed E-state index contributed by atoms with van der Waals surface area (Å²) < 4.78 is 22.5. The first-order chi connectivity index (χ1) is 12.0. The average molecular weight is 346 g/mol. The Balaban J connectivity index is 1.64. The van der Waals surface area contributed by atoms with Crippen LogP contribution >= 0.6 is 0 Å². The molecule has 0 aromatic heterocycles. The van der Waals surface area contributed by atoms with Crippen LogP contribution in [0.5, 0.6) is 5.75 Å². The standard InChI is InChI=1S/C17H15FN2O5/c18-13-6-8-14(9-7-13)24-11-16(22)25-10-15(21)19-20-17(23)12-4-2-1-3-5-12/h1-9H,10-11H2,(H,19,21)(H,20,23). The second-order valence-electron chi connectivity index (χ2n) is 4.77. The van der Waals surface area contributed by atoms with E-state index in [1.54, 1.807) is 30.3 Å². The summed E-state index contributed by atoms with van der Waals surface area (Å²) in [6, 6.07) is 13.3. The highest BCUT2D eigenvalue weighted by Gasteiger charge is 2.10. The molecule has 0 unspecified atom stereocenters. The summed E-state index contributed by atoms with van der Waals surface area (Å²) in [5, 5.41) is 0. The molecule has 8 heteroatoms. The zero-order valence-electron chi connectivity index (χ0n) is 13.0. The van der Waals surface area contributed by atoms with Gasteiger partial charge < -0.3 is 9.47 Å². The minimum atomic E-state index is -0.783. The highest BCUT2D eigenvalue weighted by molar-refractivity contribution is 5.95. The summed E-state index contributed by atoms with van der Waals surface area (Å²) in [5.74, 6) is -2.13. The molecule has 0 aliphatic heterocycles. The van der Waals surface area contributed by atoms with Crippen molar-refractivity contribution < 1.29 is 28.2 Å². The lowest BCUT2D eigenvalue weighted by molar-refractivity contribution is -0.150. The lowest BCUT2D eigenvalue weighted by Gasteiger charge is -2.09. The minimum Gasteiger partial charge on any atom is -0.482 e. The van der Waals surface area contributed by atoms with Crippen molar-refractivity contribution >= 4 is 17.8 Å². The van der Waals surface area contributed by atoms with Crippen LogP contribution in [-0.2, 0) is 14.3 Å². The van der Waals surface area contributed by atoms with Gasteiger partial charge in [-0.1, -0.05) is 18.2 Å². The van der Waals surface area contributed by atoms with Crippen LogP contribution in [-0.4, -0.2) is 31.0 Å². The summed E-state index contributed by atoms with van der Waals surface area (Å²) in [5.41, 5.74) is 4.68. The summed E-state index contributed by atoms with van der Waals surface area (Å²) in [7, 11) is 0. The Bertz CT molecular complexity index is 734. The number of esters is 1. The number of ether oxygens (including phenoxy) is 2. The molecule has 0 aliphatic carbocycles. The Hall–Kier alpha value is -3.42. The molecule has 0 heterocycles. The molecule has 2 aromatic rings. The zero-order valence-corrected chi connectivity index (χ0v) is 13.0. The Morgan fingerprint density at radius 3 is 2.24 bits per heavy atom. The van der Waals surface area contributed by atoms with Crippen molar-refractivity contribution in [1.29, 1.82) is 0 Å². The molecule has 2 N–H and O–H groups in total. The van der Waals surface area contributed by atoms with E-state index in [4.69, 9.17) is 4.74 Å². The van der Waals surface area contributed by atoms with Gasteiger partial charge in [0.05, 0.1) is 0 Å². The molecule has 0 aliphatic rings. The first-order valence-electron chi connectivity index (χ1n) is 7.23. The smallest absolute Gasteiger partial charge is 0.344 e. The van der Waals surface area contributed by atoms with Crippen molar-refractivity contribution in [2.24, 2.45) is 0 Å². The maximum atomic E-state index is 12.7. The van der Waals surface area contributed by atoms with E-state index in [0.717, 1.165) is 0 Å². The summed E-state index contributed by atoms with van der Waals surface area (Å²) >= 11 is 0. The van der Waals surface area contributed by atoms with E-state index in [0.29, 0.717) is 5.56 Å². The van der Waals surface area contributed by atoms with Crippen molar-refractivity contribution in [3.63, 3.8) is 0 Å². The molecule has 2 rings (SSSR count). The van der Waals surface area contributed by atoms with Crippen molar-refractivity contribution in [2.75, 3.05) is 13.2 Å². The predicted octanol–water partition coefficient (Wildman–Crippen LogP) is 1.21. The van der Waals surface area contributed by atoms with E-state index in [1.807, 2.05) is 0 Å². The molecule has 25 heavy (non-hydrogen) atoms. The van der Waals surface area contributed by atoms with Gasteiger partial charge in [0.2, 0.25) is 0 Å². The molecule has 0 atom stereocenters. The van der Waals surface area contributed by atoms with Crippen molar-refractivity contribution in [3.05, 3.63) is 66.0 Å². The monoisotopic (exact) mass is 346 g/mol. The van der Waals surface area contributed by atoms with Gasteiger partial charge in [0.25, 0.3) is 11.8 Å². The van der Waals surface area contributed by atoms with Gasteiger partial charge in [0, 0.05) is 5.56 Å². The first kappa shape index (κ1) is 17.9. The number of rotatable bonds is 6. The molecular weight excluding hydrogens is 331 g/mol. The number of nitrogens with one attached hydrogen (secondary N) is 2. The van der Waals surface area contributed by atoms with Crippen molar-refractivity contribution in [3.8, 4) is 5.75 Å². The minimum absolute atomic E-state index is 0.290. The molecule has 0 saturated heterocycles. The Morgan fingerprint density at radius 1 is 0.880 bits per heavy atom. The van der Waals surface area contributed by atoms with E-state index in [1.165, 1.54) is 24.3 Å². The zero-order chi connectivity index (χ0) is 18.1. The maximum Gasteiger partial charge on any atom is 0.344 e. The molecule has 2 aromatic carbocycles. The molecule has 0 spiro atoms. The topological polar surface area (TPSA) is 93.7 Å². The van der Waals surface area contributed by atoms with Crippen LogP contribution < -0.4 is 15.6 Å². The molecular formula is C17H15FN2O5. The molecule has 0 radical (unpaired) electrons. The van der Waals surface area contributed by atoms with Crippen LogP contribution in [0.1, 0.15) is 10.4 Å². The molecule has 130 valence electrons. The van der Waals surface area contributed by atoms with Gasteiger partial charge in [-0.15, -0.1) is 0 Å². The summed E-state index contributed by atoms with van der Waals surface area (Å²) in [4.78, 5) is 34.7. The van der Waals surface area contributed by atoms with Gasteiger partial charge in [0.15, 0.2) is 13.2 Å². The maximum absolute atomic E-state index is 12.7. The normalized spacial score (nSPS) is 9.80. The lowest BCUT2D eigenvalue weighted by Crippen LogP contribution is -2.43. The summed E-state index contributed by atoms with van der Waals surface area (Å²) in [6.07, 6.45) is 0. The number of hydrogen-bond acceptors (Lipinski definition) is 5. The number of carbonyl (C=O) groups is 3. The second-order valence-corrected chi connectivity index (χ2v) is 4.77. The number of hydrazine groups is 1. The van der Waals surface area contributed by atoms with Gasteiger partial charge in [0.1, 0.15) is 11.6 Å². The third-order valence-electron chi connectivity index (χ3n) is 2.89. The number of amides is 2. The second kappa shape index (κ2) is 9.02. The molecule has 7 nitrogen and oxygen atoms in total. The van der Waals surface area contributed by atoms with Gasteiger partial charge >= 0.3 is 5.97 Å².